The van der Waals surface area contributed by atoms with E-state index >= 15 is 0 Å². The molecule has 0 aliphatic heterocycles. The van der Waals surface area contributed by atoms with Crippen LogP contribution in [0, 0.1) is 10.1 Å². The zero-order valence-electron chi connectivity index (χ0n) is 19.4. The molecule has 2 aromatic carbocycles. The molecule has 0 fully saturated rings. The highest BCUT2D eigenvalue weighted by molar-refractivity contribution is 7.92. The first kappa shape index (κ1) is 27.1. The van der Waals surface area contributed by atoms with Gasteiger partial charge in [0.15, 0.2) is 9.84 Å². The second kappa shape index (κ2) is 10.4. The van der Waals surface area contributed by atoms with Gasteiger partial charge in [-0.25, -0.2) is 16.8 Å². The predicted octanol–water partition coefficient (Wildman–Crippen LogP) is 2.43. The molecule has 11 nitrogen and oxygen atoms in total. The fourth-order valence-corrected chi connectivity index (χ4v) is 5.23. The molecule has 2 atom stereocenters. The van der Waals surface area contributed by atoms with E-state index < -0.39 is 42.8 Å². The molecule has 1 amide bonds. The fraction of sp³-hybridized carbons (Fsp3) is 0.381. The van der Waals surface area contributed by atoms with Gasteiger partial charge in [0.1, 0.15) is 17.5 Å². The molecule has 0 aliphatic rings. The molecule has 0 heterocycles. The maximum absolute atomic E-state index is 13.2. The first-order valence-electron chi connectivity index (χ1n) is 10.1. The van der Waals surface area contributed by atoms with Crippen molar-refractivity contribution in [3.8, 4) is 5.75 Å². The Morgan fingerprint density at radius 2 is 1.71 bits per heavy atom. The van der Waals surface area contributed by atoms with Crippen molar-refractivity contribution in [1.29, 1.82) is 0 Å². The first-order valence-corrected chi connectivity index (χ1v) is 13.9. The molecule has 2 aromatic rings. The molecule has 186 valence electrons. The van der Waals surface area contributed by atoms with Crippen LogP contribution in [0.3, 0.4) is 0 Å². The lowest BCUT2D eigenvalue weighted by molar-refractivity contribution is -0.384. The summed E-state index contributed by atoms with van der Waals surface area (Å²) in [6, 6.07) is 7.62. The molecular formula is C21H27N3O8S2. The number of non-ortho nitro benzene ring substituents is 1. The van der Waals surface area contributed by atoms with Gasteiger partial charge in [-0.05, 0) is 37.1 Å². The maximum Gasteiger partial charge on any atom is 0.271 e. The number of nitrogens with one attached hydrogen (secondary N) is 1. The van der Waals surface area contributed by atoms with Crippen molar-refractivity contribution in [3.63, 3.8) is 0 Å². The minimum atomic E-state index is -4.07. The lowest BCUT2D eigenvalue weighted by Crippen LogP contribution is -2.49. The van der Waals surface area contributed by atoms with E-state index in [1.54, 1.807) is 26.0 Å². The Bertz CT molecular complexity index is 1280. The van der Waals surface area contributed by atoms with Crippen LogP contribution in [0.5, 0.6) is 5.75 Å². The van der Waals surface area contributed by atoms with Crippen LogP contribution < -0.4 is 14.4 Å². The maximum atomic E-state index is 13.2. The number of sulfone groups is 1. The van der Waals surface area contributed by atoms with Crippen LogP contribution in [-0.2, 0) is 24.7 Å². The summed E-state index contributed by atoms with van der Waals surface area (Å²) in [6.07, 6.45) is 2.04. The monoisotopic (exact) mass is 513 g/mol. The van der Waals surface area contributed by atoms with Crippen LogP contribution in [0.1, 0.15) is 31.9 Å². The van der Waals surface area contributed by atoms with E-state index in [9.17, 15) is 31.7 Å². The molecule has 1 N–H and O–H groups in total. The minimum absolute atomic E-state index is 0.0479. The van der Waals surface area contributed by atoms with E-state index in [1.807, 2.05) is 0 Å². The second-order valence-corrected chi connectivity index (χ2v) is 11.5. The van der Waals surface area contributed by atoms with Crippen LogP contribution in [0.25, 0.3) is 0 Å². The number of rotatable bonds is 10. The molecule has 13 heteroatoms. The number of hydrogen-bond acceptors (Lipinski definition) is 8. The molecule has 0 bridgehead atoms. The van der Waals surface area contributed by atoms with Gasteiger partial charge in [-0.2, -0.15) is 0 Å². The van der Waals surface area contributed by atoms with Crippen LogP contribution in [0.15, 0.2) is 47.4 Å². The highest BCUT2D eigenvalue weighted by Gasteiger charge is 2.35. The lowest BCUT2D eigenvalue weighted by atomic mass is 10.1. The van der Waals surface area contributed by atoms with E-state index in [2.05, 4.69) is 5.32 Å². The van der Waals surface area contributed by atoms with Crippen molar-refractivity contribution in [2.75, 3.05) is 23.9 Å². The van der Waals surface area contributed by atoms with Crippen LogP contribution in [0.2, 0.25) is 0 Å². The van der Waals surface area contributed by atoms with Crippen molar-refractivity contribution in [3.05, 3.63) is 58.1 Å². The van der Waals surface area contributed by atoms with Crippen molar-refractivity contribution < 1.29 is 31.3 Å². The molecule has 2 rings (SSSR count). The summed E-state index contributed by atoms with van der Waals surface area (Å²) in [5, 5.41) is 14.0. The van der Waals surface area contributed by atoms with Gasteiger partial charge in [0.05, 0.1) is 29.2 Å². The molecule has 0 radical (unpaired) electrons. The van der Waals surface area contributed by atoms with Crippen LogP contribution in [-0.4, -0.2) is 53.3 Å². The third-order valence-electron chi connectivity index (χ3n) is 5.11. The first-order chi connectivity index (χ1) is 15.7. The normalized spacial score (nSPS) is 13.6. The molecule has 0 saturated carbocycles. The number of nitro groups is 1. The predicted molar refractivity (Wildman–Crippen MR) is 127 cm³/mol. The third kappa shape index (κ3) is 6.23. The zero-order valence-corrected chi connectivity index (χ0v) is 21.0. The van der Waals surface area contributed by atoms with Crippen LogP contribution >= 0.6 is 0 Å². The fourth-order valence-electron chi connectivity index (χ4n) is 3.40. The molecule has 34 heavy (non-hydrogen) atoms. The Hall–Kier alpha value is -3.19. The summed E-state index contributed by atoms with van der Waals surface area (Å²) in [4.78, 5) is 23.9. The molecule has 0 unspecified atom stereocenters. The van der Waals surface area contributed by atoms with E-state index in [4.69, 9.17) is 4.74 Å². The largest absolute Gasteiger partial charge is 0.495 e. The van der Waals surface area contributed by atoms with Crippen molar-refractivity contribution in [2.24, 2.45) is 0 Å². The molecule has 0 aliphatic carbocycles. The molecule has 0 aromatic heterocycles. The number of nitro benzene ring substituents is 1. The number of amides is 1. The summed E-state index contributed by atoms with van der Waals surface area (Å²) in [5.74, 6) is -0.590. The van der Waals surface area contributed by atoms with Gasteiger partial charge >= 0.3 is 0 Å². The quantitative estimate of drug-likeness (QED) is 0.375. The number of carbonyl (C=O) groups excluding carboxylic acids is 1. The van der Waals surface area contributed by atoms with Crippen LogP contribution in [0.4, 0.5) is 11.4 Å². The standard InChI is InChI=1S/C21H27N3O8S2/c1-6-18(21(25)22-14(2)15-7-10-17(11-8-15)33(4,28)29)23(34(5,30)31)19-13-16(24(26)27)9-12-20(19)32-3/h7-14,18H,6H2,1-5H3,(H,22,25)/t14-,18-/m0/s1. The Kier molecular flexibility index (Phi) is 8.26. The van der Waals surface area contributed by atoms with Gasteiger partial charge in [0.25, 0.3) is 5.69 Å². The van der Waals surface area contributed by atoms with E-state index in [0.717, 1.165) is 22.9 Å². The van der Waals surface area contributed by atoms with E-state index in [-0.39, 0.29) is 28.4 Å². The number of carbonyl (C=O) groups is 1. The van der Waals surface area contributed by atoms with Gasteiger partial charge < -0.3 is 10.1 Å². The van der Waals surface area contributed by atoms with E-state index in [0.29, 0.717) is 5.56 Å². The number of benzene rings is 2. The van der Waals surface area contributed by atoms with Crippen molar-refractivity contribution in [1.82, 2.24) is 5.32 Å². The lowest BCUT2D eigenvalue weighted by Gasteiger charge is -2.31. The van der Waals surface area contributed by atoms with Gasteiger partial charge in [-0.1, -0.05) is 19.1 Å². The van der Waals surface area contributed by atoms with Gasteiger partial charge in [0.2, 0.25) is 15.9 Å². The average Bonchev–Trinajstić information content (AvgIpc) is 2.75. The number of anilines is 1. The summed E-state index contributed by atoms with van der Waals surface area (Å²) >= 11 is 0. The zero-order chi connectivity index (χ0) is 25.8. The SMILES string of the molecule is CC[C@@H](C(=O)N[C@@H](C)c1ccc(S(C)(=O)=O)cc1)N(c1cc([N+](=O)[O-])ccc1OC)S(C)(=O)=O. The van der Waals surface area contributed by atoms with Gasteiger partial charge in [-0.15, -0.1) is 0 Å². The Labute approximate surface area is 198 Å². The van der Waals surface area contributed by atoms with E-state index in [1.165, 1.54) is 31.4 Å². The Morgan fingerprint density at radius 1 is 1.12 bits per heavy atom. The number of hydrogen-bond donors (Lipinski definition) is 1. The Balaban J connectivity index is 2.44. The average molecular weight is 514 g/mol. The van der Waals surface area contributed by atoms with Gasteiger partial charge in [0, 0.05) is 18.4 Å². The summed E-state index contributed by atoms with van der Waals surface area (Å²) < 4.78 is 54.8. The highest BCUT2D eigenvalue weighted by atomic mass is 32.2. The summed E-state index contributed by atoms with van der Waals surface area (Å²) in [5.41, 5.74) is 0.111. The number of sulfonamides is 1. The number of nitrogens with zero attached hydrogens (tertiary/aromatic N) is 2. The topological polar surface area (TPSA) is 153 Å². The Morgan fingerprint density at radius 3 is 2.15 bits per heavy atom. The number of ether oxygens (including phenoxy) is 1. The molecular weight excluding hydrogens is 486 g/mol. The van der Waals surface area contributed by atoms with Crippen molar-refractivity contribution >= 4 is 37.1 Å². The van der Waals surface area contributed by atoms with Crippen molar-refractivity contribution in [2.45, 2.75) is 37.2 Å². The number of methoxy groups -OCH3 is 1. The molecule has 0 spiro atoms. The smallest absolute Gasteiger partial charge is 0.271 e. The molecule has 0 saturated heterocycles. The third-order valence-corrected chi connectivity index (χ3v) is 7.40. The second-order valence-electron chi connectivity index (χ2n) is 7.67. The highest BCUT2D eigenvalue weighted by Crippen LogP contribution is 2.35. The summed E-state index contributed by atoms with van der Waals surface area (Å²) in [6.45, 7) is 3.27. The minimum Gasteiger partial charge on any atom is -0.495 e. The summed E-state index contributed by atoms with van der Waals surface area (Å²) in [7, 11) is -6.16. The van der Waals surface area contributed by atoms with Gasteiger partial charge in [-0.3, -0.25) is 19.2 Å².